The van der Waals surface area contributed by atoms with Gasteiger partial charge in [-0.3, -0.25) is 9.52 Å². The lowest BCUT2D eigenvalue weighted by molar-refractivity contribution is -0.115. The third kappa shape index (κ3) is 5.77. The van der Waals surface area contributed by atoms with Crippen LogP contribution in [0.4, 0.5) is 11.4 Å². The molecule has 0 heterocycles. The number of amides is 1. The molecule has 2 N–H and O–H groups in total. The van der Waals surface area contributed by atoms with Crippen molar-refractivity contribution >= 4 is 39.1 Å². The largest absolute Gasteiger partial charge is 0.497 e. The molecule has 30 heavy (non-hydrogen) atoms. The fourth-order valence-electron chi connectivity index (χ4n) is 2.62. The first-order valence-electron chi connectivity index (χ1n) is 9.17. The molecule has 156 valence electrons. The van der Waals surface area contributed by atoms with Crippen molar-refractivity contribution in [3.63, 3.8) is 0 Å². The SMILES string of the molecule is COc1cccc(NS(=O)(=O)c2ccc(NC(=O)[C@@H](C)Sc3ccccc3)cc2)c1. The van der Waals surface area contributed by atoms with Crippen LogP contribution in [0.25, 0.3) is 0 Å². The van der Waals surface area contributed by atoms with E-state index in [1.165, 1.54) is 31.0 Å². The van der Waals surface area contributed by atoms with Gasteiger partial charge in [0.25, 0.3) is 10.0 Å². The zero-order valence-electron chi connectivity index (χ0n) is 16.5. The van der Waals surface area contributed by atoms with Gasteiger partial charge in [0.15, 0.2) is 0 Å². The molecule has 0 aliphatic heterocycles. The Bertz CT molecular complexity index is 1100. The molecule has 1 amide bonds. The number of benzene rings is 3. The van der Waals surface area contributed by atoms with E-state index in [4.69, 9.17) is 4.74 Å². The number of rotatable bonds is 8. The van der Waals surface area contributed by atoms with Gasteiger partial charge in [0.1, 0.15) is 5.75 Å². The summed E-state index contributed by atoms with van der Waals surface area (Å²) in [7, 11) is -2.25. The molecule has 0 saturated carbocycles. The van der Waals surface area contributed by atoms with E-state index < -0.39 is 10.0 Å². The van der Waals surface area contributed by atoms with Crippen LogP contribution in [-0.4, -0.2) is 26.7 Å². The molecule has 3 aromatic rings. The Morgan fingerprint density at radius 1 is 0.933 bits per heavy atom. The fourth-order valence-corrected chi connectivity index (χ4v) is 4.56. The monoisotopic (exact) mass is 442 g/mol. The highest BCUT2D eigenvalue weighted by Gasteiger charge is 2.17. The molecule has 6 nitrogen and oxygen atoms in total. The molecule has 3 aromatic carbocycles. The van der Waals surface area contributed by atoms with E-state index in [-0.39, 0.29) is 16.1 Å². The maximum Gasteiger partial charge on any atom is 0.261 e. The first-order chi connectivity index (χ1) is 14.4. The number of hydrogen-bond acceptors (Lipinski definition) is 5. The van der Waals surface area contributed by atoms with Crippen LogP contribution in [0.5, 0.6) is 5.75 Å². The topological polar surface area (TPSA) is 84.5 Å². The highest BCUT2D eigenvalue weighted by atomic mass is 32.2. The summed E-state index contributed by atoms with van der Waals surface area (Å²) < 4.78 is 32.8. The van der Waals surface area contributed by atoms with Gasteiger partial charge in [0.2, 0.25) is 5.91 Å². The maximum absolute atomic E-state index is 12.6. The lowest BCUT2D eigenvalue weighted by Crippen LogP contribution is -2.22. The summed E-state index contributed by atoms with van der Waals surface area (Å²) in [5.74, 6) is 0.393. The normalized spacial score (nSPS) is 12.1. The van der Waals surface area contributed by atoms with Crippen molar-refractivity contribution in [2.45, 2.75) is 22.0 Å². The van der Waals surface area contributed by atoms with Crippen molar-refractivity contribution in [3.05, 3.63) is 78.9 Å². The van der Waals surface area contributed by atoms with E-state index in [1.807, 2.05) is 37.3 Å². The Morgan fingerprint density at radius 2 is 1.63 bits per heavy atom. The van der Waals surface area contributed by atoms with E-state index in [1.54, 1.807) is 36.4 Å². The fraction of sp³-hybridized carbons (Fsp3) is 0.136. The lowest BCUT2D eigenvalue weighted by atomic mass is 10.3. The summed E-state index contributed by atoms with van der Waals surface area (Å²) in [6, 6.07) is 22.4. The third-order valence-corrected chi connectivity index (χ3v) is 6.69. The zero-order chi connectivity index (χ0) is 21.6. The van der Waals surface area contributed by atoms with Gasteiger partial charge < -0.3 is 10.1 Å². The summed E-state index contributed by atoms with van der Waals surface area (Å²) in [6.07, 6.45) is 0. The number of methoxy groups -OCH3 is 1. The minimum absolute atomic E-state index is 0.0926. The number of carbonyl (C=O) groups excluding carboxylic acids is 1. The molecule has 0 saturated heterocycles. The summed E-state index contributed by atoms with van der Waals surface area (Å²) in [6.45, 7) is 1.82. The van der Waals surface area contributed by atoms with Crippen LogP contribution in [0.3, 0.4) is 0 Å². The molecule has 0 fully saturated rings. The van der Waals surface area contributed by atoms with Crippen molar-refractivity contribution in [2.75, 3.05) is 17.1 Å². The number of thioether (sulfide) groups is 1. The van der Waals surface area contributed by atoms with Crippen LogP contribution < -0.4 is 14.8 Å². The smallest absolute Gasteiger partial charge is 0.261 e. The number of anilines is 2. The second kappa shape index (κ2) is 9.69. The molecule has 0 unspecified atom stereocenters. The number of hydrogen-bond donors (Lipinski definition) is 2. The molecule has 0 aliphatic carbocycles. The number of carbonyl (C=O) groups is 1. The van der Waals surface area contributed by atoms with Crippen molar-refractivity contribution in [2.24, 2.45) is 0 Å². The zero-order valence-corrected chi connectivity index (χ0v) is 18.2. The van der Waals surface area contributed by atoms with Gasteiger partial charge in [-0.25, -0.2) is 8.42 Å². The molecule has 8 heteroatoms. The summed E-state index contributed by atoms with van der Waals surface area (Å²) >= 11 is 1.45. The van der Waals surface area contributed by atoms with E-state index in [9.17, 15) is 13.2 Å². The Hall–Kier alpha value is -2.97. The lowest BCUT2D eigenvalue weighted by Gasteiger charge is -2.13. The van der Waals surface area contributed by atoms with Gasteiger partial charge in [-0.1, -0.05) is 24.3 Å². The molecule has 0 radical (unpaired) electrons. The first-order valence-corrected chi connectivity index (χ1v) is 11.5. The Morgan fingerprint density at radius 3 is 2.30 bits per heavy atom. The van der Waals surface area contributed by atoms with Gasteiger partial charge in [-0.15, -0.1) is 11.8 Å². The predicted molar refractivity (Wildman–Crippen MR) is 121 cm³/mol. The molecule has 0 aliphatic rings. The highest BCUT2D eigenvalue weighted by Crippen LogP contribution is 2.25. The van der Waals surface area contributed by atoms with Crippen LogP contribution in [0.15, 0.2) is 88.7 Å². The quantitative estimate of drug-likeness (QED) is 0.498. The van der Waals surface area contributed by atoms with Gasteiger partial charge in [-0.2, -0.15) is 0 Å². The van der Waals surface area contributed by atoms with Crippen LogP contribution in [0, 0.1) is 0 Å². The minimum Gasteiger partial charge on any atom is -0.497 e. The van der Waals surface area contributed by atoms with Crippen LogP contribution in [-0.2, 0) is 14.8 Å². The van der Waals surface area contributed by atoms with Gasteiger partial charge in [0.05, 0.1) is 22.9 Å². The molecule has 0 spiro atoms. The van der Waals surface area contributed by atoms with E-state index >= 15 is 0 Å². The molecule has 0 aromatic heterocycles. The third-order valence-electron chi connectivity index (χ3n) is 4.18. The molecule has 3 rings (SSSR count). The summed E-state index contributed by atoms with van der Waals surface area (Å²) in [5.41, 5.74) is 0.930. The van der Waals surface area contributed by atoms with Crippen LogP contribution in [0.2, 0.25) is 0 Å². The van der Waals surface area contributed by atoms with E-state index in [0.717, 1.165) is 4.90 Å². The van der Waals surface area contributed by atoms with Gasteiger partial charge in [0, 0.05) is 16.6 Å². The molecular weight excluding hydrogens is 420 g/mol. The average molecular weight is 443 g/mol. The van der Waals surface area contributed by atoms with Crippen molar-refractivity contribution < 1.29 is 17.9 Å². The number of nitrogens with one attached hydrogen (secondary N) is 2. The Balaban J connectivity index is 1.64. The number of ether oxygens (including phenoxy) is 1. The van der Waals surface area contributed by atoms with Crippen LogP contribution in [0.1, 0.15) is 6.92 Å². The predicted octanol–water partition coefficient (Wildman–Crippen LogP) is 4.62. The number of sulfonamides is 1. The summed E-state index contributed by atoms with van der Waals surface area (Å²) in [5, 5.41) is 2.51. The summed E-state index contributed by atoms with van der Waals surface area (Å²) in [4.78, 5) is 13.5. The highest BCUT2D eigenvalue weighted by molar-refractivity contribution is 8.00. The van der Waals surface area contributed by atoms with Crippen molar-refractivity contribution in [1.29, 1.82) is 0 Å². The van der Waals surface area contributed by atoms with Crippen LogP contribution >= 0.6 is 11.8 Å². The standard InChI is InChI=1S/C22H22N2O4S2/c1-16(29-20-9-4-3-5-10-20)22(25)23-17-11-13-21(14-12-17)30(26,27)24-18-7-6-8-19(15-18)28-2/h3-16,24H,1-2H3,(H,23,25)/t16-/m1/s1. The van der Waals surface area contributed by atoms with Crippen molar-refractivity contribution in [3.8, 4) is 5.75 Å². The average Bonchev–Trinajstić information content (AvgIpc) is 2.74. The first kappa shape index (κ1) is 21.7. The molecule has 0 bridgehead atoms. The second-order valence-electron chi connectivity index (χ2n) is 6.42. The maximum atomic E-state index is 12.6. The van der Waals surface area contributed by atoms with Crippen molar-refractivity contribution in [1.82, 2.24) is 0 Å². The second-order valence-corrected chi connectivity index (χ2v) is 9.52. The van der Waals surface area contributed by atoms with Gasteiger partial charge in [-0.05, 0) is 55.5 Å². The molecular formula is C22H22N2O4S2. The van der Waals surface area contributed by atoms with Gasteiger partial charge >= 0.3 is 0 Å². The Kier molecular flexibility index (Phi) is 7.02. The Labute approximate surface area is 180 Å². The molecule has 1 atom stereocenters. The minimum atomic E-state index is -3.76. The van der Waals surface area contributed by atoms with E-state index in [2.05, 4.69) is 10.0 Å². The van der Waals surface area contributed by atoms with E-state index in [0.29, 0.717) is 17.1 Å².